The van der Waals surface area contributed by atoms with Crippen LogP contribution in [0.15, 0.2) is 109 Å². The van der Waals surface area contributed by atoms with E-state index in [9.17, 15) is 28.8 Å². The Morgan fingerprint density at radius 1 is 0.220 bits per heavy atom. The van der Waals surface area contributed by atoms with Gasteiger partial charge >= 0.3 is 0 Å². The van der Waals surface area contributed by atoms with Gasteiger partial charge in [-0.05, 0) is 33.4 Å². The second kappa shape index (κ2) is 7.96. The smallest absolute Gasteiger partial charge is 0.193 e. The van der Waals surface area contributed by atoms with Crippen molar-refractivity contribution in [3.63, 3.8) is 0 Å². The zero-order valence-corrected chi connectivity index (χ0v) is 25.8. The molecule has 0 radical (unpaired) electrons. The van der Waals surface area contributed by atoms with Crippen molar-refractivity contribution in [2.24, 2.45) is 0 Å². The van der Waals surface area contributed by atoms with Gasteiger partial charge < -0.3 is 0 Å². The largest absolute Gasteiger partial charge is 0.289 e. The molecule has 0 atom stereocenters. The first kappa shape index (κ1) is 26.3. The van der Waals surface area contributed by atoms with Crippen LogP contribution in [-0.2, 0) is 10.8 Å². The molecule has 0 N–H and O–H groups in total. The standard InChI is InChI=1S/C44H18O6/c45-37-19-7-1-8-20-31(19)43(32-21(37)9-2-11-23(32)39(47)24-12-3-10-22(33(24)43)38(20)46)44-34-25-13-4-14-26(34)41(49)28-16-6-18-30(36(28)44)42(50)29-17-5-15-27(35(29)44)40(25)48/h1-18H. The summed E-state index contributed by atoms with van der Waals surface area (Å²) in [6, 6.07) is 30.9. The first-order valence-electron chi connectivity index (χ1n) is 16.4. The van der Waals surface area contributed by atoms with Gasteiger partial charge in [0.15, 0.2) is 34.7 Å². The van der Waals surface area contributed by atoms with E-state index < -0.39 is 10.8 Å². The molecule has 0 unspecified atom stereocenters. The Hall–Kier alpha value is -6.66. The molecule has 0 heterocycles. The van der Waals surface area contributed by atoms with Gasteiger partial charge in [0.1, 0.15) is 0 Å². The molecule has 0 spiro atoms. The minimum absolute atomic E-state index is 0.308. The summed E-state index contributed by atoms with van der Waals surface area (Å²) in [5.41, 5.74) is 3.20. The lowest BCUT2D eigenvalue weighted by Crippen LogP contribution is -2.64. The number of carbonyl (C=O) groups is 6. The predicted molar refractivity (Wildman–Crippen MR) is 179 cm³/mol. The Balaban J connectivity index is 1.49. The maximum Gasteiger partial charge on any atom is 0.193 e. The third kappa shape index (κ3) is 2.32. The quantitative estimate of drug-likeness (QED) is 0.208. The van der Waals surface area contributed by atoms with Gasteiger partial charge in [-0.3, -0.25) is 28.8 Å². The van der Waals surface area contributed by atoms with Crippen molar-refractivity contribution in [3.8, 4) is 0 Å². The summed E-state index contributed by atoms with van der Waals surface area (Å²) >= 11 is 0. The lowest BCUT2D eigenvalue weighted by Gasteiger charge is -2.63. The van der Waals surface area contributed by atoms with Crippen molar-refractivity contribution >= 4 is 34.7 Å². The van der Waals surface area contributed by atoms with Crippen LogP contribution >= 0.6 is 0 Å². The van der Waals surface area contributed by atoms with E-state index in [2.05, 4.69) is 0 Å². The molecule has 50 heavy (non-hydrogen) atoms. The maximum absolute atomic E-state index is 14.7. The van der Waals surface area contributed by atoms with Crippen LogP contribution in [-0.4, -0.2) is 34.7 Å². The third-order valence-electron chi connectivity index (χ3n) is 12.1. The Bertz CT molecular complexity index is 2240. The molecular formula is C44H18O6. The highest BCUT2D eigenvalue weighted by atomic mass is 16.1. The van der Waals surface area contributed by atoms with Crippen molar-refractivity contribution in [1.82, 2.24) is 0 Å². The van der Waals surface area contributed by atoms with Crippen molar-refractivity contribution in [2.75, 3.05) is 0 Å². The summed E-state index contributed by atoms with van der Waals surface area (Å²) in [6.07, 6.45) is 0. The van der Waals surface area contributed by atoms with Crippen molar-refractivity contribution in [1.29, 1.82) is 0 Å². The monoisotopic (exact) mass is 642 g/mol. The summed E-state index contributed by atoms with van der Waals surface area (Å²) < 4.78 is 0. The minimum Gasteiger partial charge on any atom is -0.289 e. The first-order valence-corrected chi connectivity index (χ1v) is 16.4. The zero-order valence-electron chi connectivity index (χ0n) is 25.8. The van der Waals surface area contributed by atoms with Gasteiger partial charge in [0.05, 0.1) is 10.8 Å². The molecule has 0 aliphatic heterocycles. The van der Waals surface area contributed by atoms with E-state index in [0.717, 1.165) is 0 Å². The molecule has 12 rings (SSSR count). The predicted octanol–water partition coefficient (Wildman–Crippen LogP) is 6.32. The summed E-state index contributed by atoms with van der Waals surface area (Å²) in [6.45, 7) is 0. The maximum atomic E-state index is 14.7. The Morgan fingerprint density at radius 2 is 0.340 bits per heavy atom. The van der Waals surface area contributed by atoms with Crippen LogP contribution in [0.5, 0.6) is 0 Å². The average Bonchev–Trinajstić information content (AvgIpc) is 3.16. The van der Waals surface area contributed by atoms with Gasteiger partial charge in [0.25, 0.3) is 0 Å². The van der Waals surface area contributed by atoms with E-state index in [1.165, 1.54) is 0 Å². The normalized spacial score (nSPS) is 17.8. The molecule has 0 bridgehead atoms. The molecule has 6 aliphatic carbocycles. The van der Waals surface area contributed by atoms with Gasteiger partial charge in [0.2, 0.25) is 0 Å². The summed E-state index contributed by atoms with van der Waals surface area (Å²) in [7, 11) is 0. The molecule has 230 valence electrons. The van der Waals surface area contributed by atoms with Gasteiger partial charge in [-0.2, -0.15) is 0 Å². The van der Waals surface area contributed by atoms with Gasteiger partial charge in [0, 0.05) is 66.8 Å². The summed E-state index contributed by atoms with van der Waals surface area (Å²) in [5, 5.41) is 0. The molecule has 6 heteroatoms. The van der Waals surface area contributed by atoms with Crippen molar-refractivity contribution in [3.05, 3.63) is 209 Å². The SMILES string of the molecule is O=C1c2cccc3c2C2(C45c6c7cccc6C(=O)c6cccc(c64)C(=O)c4cccc(c45)C7=O)c4c1cccc4C(=O)c1cccc(c12)C3=O. The molecule has 0 saturated heterocycles. The van der Waals surface area contributed by atoms with Crippen LogP contribution in [0, 0.1) is 0 Å². The fraction of sp³-hybridized carbons (Fsp3) is 0.0455. The lowest BCUT2D eigenvalue weighted by molar-refractivity contribution is 0.0962. The van der Waals surface area contributed by atoms with Gasteiger partial charge in [-0.25, -0.2) is 0 Å². The number of carbonyl (C=O) groups excluding carboxylic acids is 6. The lowest BCUT2D eigenvalue weighted by atomic mass is 9.36. The molecule has 0 fully saturated rings. The Labute approximate surface area is 283 Å². The highest BCUT2D eigenvalue weighted by Gasteiger charge is 2.73. The molecule has 0 aromatic heterocycles. The molecule has 6 nitrogen and oxygen atoms in total. The number of rotatable bonds is 1. The molecule has 6 aromatic rings. The van der Waals surface area contributed by atoms with Gasteiger partial charge in [-0.1, -0.05) is 109 Å². The number of hydrogen-bond donors (Lipinski definition) is 0. The third-order valence-corrected chi connectivity index (χ3v) is 12.1. The van der Waals surface area contributed by atoms with Crippen LogP contribution in [0.3, 0.4) is 0 Å². The zero-order chi connectivity index (χ0) is 33.6. The number of hydrogen-bond acceptors (Lipinski definition) is 6. The fourth-order valence-electron chi connectivity index (χ4n) is 10.8. The highest BCUT2D eigenvalue weighted by molar-refractivity contribution is 6.31. The average molecular weight is 643 g/mol. The van der Waals surface area contributed by atoms with E-state index in [1.54, 1.807) is 109 Å². The number of benzene rings is 6. The molecule has 6 aromatic carbocycles. The minimum atomic E-state index is -1.55. The number of ketones is 6. The van der Waals surface area contributed by atoms with E-state index in [-0.39, 0.29) is 34.7 Å². The highest BCUT2D eigenvalue weighted by Crippen LogP contribution is 2.72. The fourth-order valence-corrected chi connectivity index (χ4v) is 10.8. The van der Waals surface area contributed by atoms with Crippen LogP contribution in [0.25, 0.3) is 0 Å². The van der Waals surface area contributed by atoms with E-state index in [4.69, 9.17) is 0 Å². The summed E-state index contributed by atoms with van der Waals surface area (Å²) in [4.78, 5) is 88.4. The van der Waals surface area contributed by atoms with Crippen LogP contribution in [0.2, 0.25) is 0 Å². The second-order valence-electron chi connectivity index (χ2n) is 13.8. The Morgan fingerprint density at radius 3 is 0.460 bits per heavy atom. The van der Waals surface area contributed by atoms with Gasteiger partial charge in [-0.15, -0.1) is 0 Å². The molecule has 0 saturated carbocycles. The molecule has 0 amide bonds. The molecular weight excluding hydrogens is 624 g/mol. The van der Waals surface area contributed by atoms with Crippen LogP contribution < -0.4 is 0 Å². The second-order valence-corrected chi connectivity index (χ2v) is 13.8. The van der Waals surface area contributed by atoms with E-state index in [0.29, 0.717) is 100 Å². The Kier molecular flexibility index (Phi) is 4.19. The van der Waals surface area contributed by atoms with Crippen molar-refractivity contribution in [2.45, 2.75) is 10.8 Å². The van der Waals surface area contributed by atoms with E-state index in [1.807, 2.05) is 0 Å². The topological polar surface area (TPSA) is 102 Å². The van der Waals surface area contributed by atoms with Crippen LogP contribution in [0.4, 0.5) is 0 Å². The van der Waals surface area contributed by atoms with E-state index >= 15 is 0 Å². The molecule has 6 aliphatic rings. The van der Waals surface area contributed by atoms with Crippen molar-refractivity contribution < 1.29 is 28.8 Å². The first-order chi connectivity index (χ1) is 24.3. The van der Waals surface area contributed by atoms with Crippen LogP contribution in [0.1, 0.15) is 129 Å². The summed E-state index contributed by atoms with van der Waals surface area (Å²) in [5.74, 6) is -1.94.